The number of rotatable bonds is 7. The topological polar surface area (TPSA) is 101 Å². The molecule has 1 aliphatic heterocycles. The largest absolute Gasteiger partial charge is 0.325 e. The molecule has 0 aromatic heterocycles. The van der Waals surface area contributed by atoms with Gasteiger partial charge in [0.25, 0.3) is 0 Å². The third kappa shape index (κ3) is 5.90. The van der Waals surface area contributed by atoms with Crippen molar-refractivity contribution in [1.29, 1.82) is 0 Å². The molecule has 3 rings (SSSR count). The van der Waals surface area contributed by atoms with Crippen LogP contribution in [0.1, 0.15) is 25.3 Å². The second-order valence-corrected chi connectivity index (χ2v) is 11.7. The lowest BCUT2D eigenvalue weighted by molar-refractivity contribution is -0.113. The number of amides is 1. The zero-order valence-electron chi connectivity index (χ0n) is 16.8. The number of nitrogens with one attached hydrogen (secondary N) is 1. The molecule has 1 heterocycles. The summed E-state index contributed by atoms with van der Waals surface area (Å²) in [6.07, 6.45) is 1.86. The van der Waals surface area contributed by atoms with Gasteiger partial charge in [-0.25, -0.2) is 16.8 Å². The molecule has 0 saturated carbocycles. The molecular weight excluding hydrogens is 424 g/mol. The lowest BCUT2D eigenvalue weighted by atomic mass is 10.0. The minimum absolute atomic E-state index is 0.159. The number of sulfonamides is 1. The van der Waals surface area contributed by atoms with E-state index in [9.17, 15) is 21.6 Å². The lowest BCUT2D eigenvalue weighted by Gasteiger charge is -2.30. The van der Waals surface area contributed by atoms with E-state index in [-0.39, 0.29) is 10.6 Å². The number of sulfone groups is 1. The highest BCUT2D eigenvalue weighted by atomic mass is 32.2. The highest BCUT2D eigenvalue weighted by Crippen LogP contribution is 2.24. The quantitative estimate of drug-likeness (QED) is 0.699. The van der Waals surface area contributed by atoms with Gasteiger partial charge >= 0.3 is 0 Å². The summed E-state index contributed by atoms with van der Waals surface area (Å²) in [4.78, 5) is 12.3. The average molecular weight is 451 g/mol. The Morgan fingerprint density at radius 1 is 1.03 bits per heavy atom. The van der Waals surface area contributed by atoms with Crippen LogP contribution in [0.25, 0.3) is 0 Å². The van der Waals surface area contributed by atoms with E-state index in [4.69, 9.17) is 0 Å². The van der Waals surface area contributed by atoms with E-state index in [2.05, 4.69) is 5.32 Å². The van der Waals surface area contributed by atoms with E-state index in [1.807, 2.05) is 6.92 Å². The van der Waals surface area contributed by atoms with Crippen molar-refractivity contribution >= 4 is 31.5 Å². The van der Waals surface area contributed by atoms with Crippen molar-refractivity contribution in [2.24, 2.45) is 5.92 Å². The number of piperidine rings is 1. The molecule has 2 aromatic rings. The van der Waals surface area contributed by atoms with Crippen LogP contribution in [0.5, 0.6) is 0 Å². The van der Waals surface area contributed by atoms with Crippen LogP contribution < -0.4 is 5.32 Å². The first-order valence-corrected chi connectivity index (χ1v) is 13.1. The summed E-state index contributed by atoms with van der Waals surface area (Å²) >= 11 is 0. The van der Waals surface area contributed by atoms with Crippen LogP contribution in [0.4, 0.5) is 5.69 Å². The molecule has 0 spiro atoms. The Labute approximate surface area is 178 Å². The van der Waals surface area contributed by atoms with Gasteiger partial charge in [-0.15, -0.1) is 0 Å². The van der Waals surface area contributed by atoms with Crippen LogP contribution in [0, 0.1) is 5.92 Å². The summed E-state index contributed by atoms with van der Waals surface area (Å²) in [5, 5.41) is 2.52. The molecule has 1 amide bonds. The molecule has 7 nitrogen and oxygen atoms in total. The van der Waals surface area contributed by atoms with E-state index >= 15 is 0 Å². The van der Waals surface area contributed by atoms with Crippen molar-refractivity contribution in [2.75, 3.05) is 24.2 Å². The molecule has 162 valence electrons. The SMILES string of the molecule is CC1CCCN(S(=O)(=O)c2ccc(NC(=O)CS(=O)(=O)Cc3ccccc3)cc2)C1. The third-order valence-electron chi connectivity index (χ3n) is 4.98. The van der Waals surface area contributed by atoms with Crippen LogP contribution in [-0.4, -0.2) is 45.9 Å². The zero-order chi connectivity index (χ0) is 21.8. The van der Waals surface area contributed by atoms with Gasteiger partial charge in [0.15, 0.2) is 9.84 Å². The molecule has 0 bridgehead atoms. The van der Waals surface area contributed by atoms with Crippen molar-refractivity contribution in [3.05, 3.63) is 60.2 Å². The standard InChI is InChI=1S/C21H26N2O5S2/c1-17-6-5-13-23(14-17)30(27,28)20-11-9-19(10-12-20)22-21(24)16-29(25,26)15-18-7-3-2-4-8-18/h2-4,7-12,17H,5-6,13-16H2,1H3,(H,22,24). The number of nitrogens with zero attached hydrogens (tertiary/aromatic N) is 1. The average Bonchev–Trinajstić information content (AvgIpc) is 2.68. The van der Waals surface area contributed by atoms with Crippen molar-refractivity contribution in [1.82, 2.24) is 4.31 Å². The molecular formula is C21H26N2O5S2. The number of anilines is 1. The van der Waals surface area contributed by atoms with Gasteiger partial charge < -0.3 is 5.32 Å². The highest BCUT2D eigenvalue weighted by molar-refractivity contribution is 7.91. The molecule has 1 N–H and O–H groups in total. The summed E-state index contributed by atoms with van der Waals surface area (Å²) in [5.74, 6) is -1.20. The van der Waals surface area contributed by atoms with E-state index < -0.39 is 31.5 Å². The Morgan fingerprint density at radius 2 is 1.70 bits per heavy atom. The maximum atomic E-state index is 12.8. The maximum Gasteiger partial charge on any atom is 0.243 e. The highest BCUT2D eigenvalue weighted by Gasteiger charge is 2.28. The fourth-order valence-corrected chi connectivity index (χ4v) is 6.37. The first-order chi connectivity index (χ1) is 14.2. The van der Waals surface area contributed by atoms with Gasteiger partial charge in [0.1, 0.15) is 5.75 Å². The second kappa shape index (κ2) is 9.28. The van der Waals surface area contributed by atoms with Gasteiger partial charge in [0.05, 0.1) is 10.6 Å². The summed E-state index contributed by atoms with van der Waals surface area (Å²) < 4.78 is 51.5. The molecule has 0 aliphatic carbocycles. The van der Waals surface area contributed by atoms with Gasteiger partial charge in [-0.05, 0) is 48.6 Å². The van der Waals surface area contributed by atoms with Crippen LogP contribution in [0.3, 0.4) is 0 Å². The number of hydrogen-bond donors (Lipinski definition) is 1. The first kappa shape index (κ1) is 22.5. The molecule has 1 atom stereocenters. The summed E-state index contributed by atoms with van der Waals surface area (Å²) in [6.45, 7) is 3.04. The Balaban J connectivity index is 1.61. The van der Waals surface area contributed by atoms with Crippen molar-refractivity contribution < 1.29 is 21.6 Å². The number of benzene rings is 2. The molecule has 1 aliphatic rings. The van der Waals surface area contributed by atoms with Crippen LogP contribution in [0.2, 0.25) is 0 Å². The number of carbonyl (C=O) groups is 1. The molecule has 30 heavy (non-hydrogen) atoms. The molecule has 0 radical (unpaired) electrons. The third-order valence-corrected chi connectivity index (χ3v) is 8.33. The van der Waals surface area contributed by atoms with Crippen LogP contribution >= 0.6 is 0 Å². The smallest absolute Gasteiger partial charge is 0.243 e. The maximum absolute atomic E-state index is 12.8. The molecule has 2 aromatic carbocycles. The van der Waals surface area contributed by atoms with Gasteiger partial charge in [0, 0.05) is 18.8 Å². The molecule has 1 unspecified atom stereocenters. The first-order valence-electron chi connectivity index (χ1n) is 9.80. The van der Waals surface area contributed by atoms with Gasteiger partial charge in [-0.2, -0.15) is 4.31 Å². The predicted octanol–water partition coefficient (Wildman–Crippen LogP) is 2.66. The fraction of sp³-hybridized carbons (Fsp3) is 0.381. The minimum Gasteiger partial charge on any atom is -0.325 e. The molecule has 1 saturated heterocycles. The Hall–Kier alpha value is -2.23. The van der Waals surface area contributed by atoms with E-state index in [0.29, 0.717) is 30.3 Å². The number of hydrogen-bond acceptors (Lipinski definition) is 5. The summed E-state index contributed by atoms with van der Waals surface area (Å²) in [7, 11) is -7.20. The second-order valence-electron chi connectivity index (χ2n) is 7.70. The van der Waals surface area contributed by atoms with Gasteiger partial charge in [-0.3, -0.25) is 4.79 Å². The van der Waals surface area contributed by atoms with E-state index in [1.165, 1.54) is 28.6 Å². The number of carbonyl (C=O) groups excluding carboxylic acids is 1. The Bertz CT molecular complexity index is 1080. The van der Waals surface area contributed by atoms with E-state index in [0.717, 1.165) is 12.8 Å². The minimum atomic E-state index is -3.62. The predicted molar refractivity (Wildman–Crippen MR) is 116 cm³/mol. The lowest BCUT2D eigenvalue weighted by Crippen LogP contribution is -2.39. The monoisotopic (exact) mass is 450 g/mol. The normalized spacial score (nSPS) is 18.1. The Morgan fingerprint density at radius 3 is 2.33 bits per heavy atom. The fourth-order valence-electron chi connectivity index (χ4n) is 3.50. The van der Waals surface area contributed by atoms with Crippen LogP contribution in [-0.2, 0) is 30.4 Å². The van der Waals surface area contributed by atoms with Crippen molar-refractivity contribution in [3.63, 3.8) is 0 Å². The molecule has 1 fully saturated rings. The summed E-state index contributed by atoms with van der Waals surface area (Å²) in [6, 6.07) is 14.5. The van der Waals surface area contributed by atoms with Crippen molar-refractivity contribution in [3.8, 4) is 0 Å². The van der Waals surface area contributed by atoms with Crippen molar-refractivity contribution in [2.45, 2.75) is 30.4 Å². The summed E-state index contributed by atoms with van der Waals surface area (Å²) in [5.41, 5.74) is 0.966. The van der Waals surface area contributed by atoms with Gasteiger partial charge in [-0.1, -0.05) is 37.3 Å². The molecule has 9 heteroatoms. The zero-order valence-corrected chi connectivity index (χ0v) is 18.5. The van der Waals surface area contributed by atoms with Crippen LogP contribution in [0.15, 0.2) is 59.5 Å². The Kier molecular flexibility index (Phi) is 6.95. The van der Waals surface area contributed by atoms with Gasteiger partial charge in [0.2, 0.25) is 15.9 Å². The van der Waals surface area contributed by atoms with E-state index in [1.54, 1.807) is 30.3 Å².